The van der Waals surface area contributed by atoms with Gasteiger partial charge in [-0.2, -0.15) is 0 Å². The van der Waals surface area contributed by atoms with Crippen molar-refractivity contribution in [2.75, 3.05) is 26.2 Å². The van der Waals surface area contributed by atoms with Crippen molar-refractivity contribution in [1.82, 2.24) is 24.8 Å². The number of rotatable bonds is 5. The van der Waals surface area contributed by atoms with E-state index in [-0.39, 0.29) is 5.69 Å². The van der Waals surface area contributed by atoms with Crippen LogP contribution in [0.25, 0.3) is 0 Å². The van der Waals surface area contributed by atoms with E-state index in [1.165, 1.54) is 0 Å². The van der Waals surface area contributed by atoms with Gasteiger partial charge in [0.15, 0.2) is 0 Å². The predicted molar refractivity (Wildman–Crippen MR) is 87.8 cm³/mol. The van der Waals surface area contributed by atoms with E-state index < -0.39 is 11.7 Å². The first-order chi connectivity index (χ1) is 11.6. The van der Waals surface area contributed by atoms with E-state index in [1.807, 2.05) is 18.2 Å². The highest BCUT2D eigenvalue weighted by Gasteiger charge is 2.20. The van der Waals surface area contributed by atoms with E-state index in [4.69, 9.17) is 5.11 Å². The van der Waals surface area contributed by atoms with Gasteiger partial charge in [-0.15, -0.1) is 0 Å². The molecule has 1 aliphatic heterocycles. The van der Waals surface area contributed by atoms with Gasteiger partial charge in [0.05, 0.1) is 11.4 Å². The Balaban J connectivity index is 1.60. The first kappa shape index (κ1) is 16.4. The summed E-state index contributed by atoms with van der Waals surface area (Å²) in [5.41, 5.74) is 0.961. The molecule has 0 atom stereocenters. The van der Waals surface area contributed by atoms with Crippen LogP contribution in [-0.2, 0) is 13.1 Å². The van der Waals surface area contributed by atoms with Crippen LogP contribution < -0.4 is 5.69 Å². The highest BCUT2D eigenvalue weighted by molar-refractivity contribution is 5.86. The first-order valence-corrected chi connectivity index (χ1v) is 8.01. The lowest BCUT2D eigenvalue weighted by Crippen LogP contribution is -2.31. The van der Waals surface area contributed by atoms with Crippen molar-refractivity contribution in [2.45, 2.75) is 19.5 Å². The summed E-state index contributed by atoms with van der Waals surface area (Å²) in [4.78, 5) is 36.3. The number of nitrogens with one attached hydrogen (secondary N) is 2. The number of carbonyl (C=O) groups is 1. The molecular weight excluding hydrogens is 310 g/mol. The summed E-state index contributed by atoms with van der Waals surface area (Å²) in [5, 5.41) is 9.15. The third kappa shape index (κ3) is 4.09. The van der Waals surface area contributed by atoms with Gasteiger partial charge in [0.25, 0.3) is 0 Å². The van der Waals surface area contributed by atoms with Crippen LogP contribution in [0.3, 0.4) is 0 Å². The van der Waals surface area contributed by atoms with Gasteiger partial charge in [-0.1, -0.05) is 6.07 Å². The van der Waals surface area contributed by atoms with Crippen LogP contribution in [-0.4, -0.2) is 62.0 Å². The smallest absolute Gasteiger partial charge is 0.354 e. The minimum absolute atomic E-state index is 0.0467. The highest BCUT2D eigenvalue weighted by Crippen LogP contribution is 2.11. The molecule has 0 aliphatic carbocycles. The normalized spacial score (nSPS) is 16.8. The molecule has 0 aromatic carbocycles. The lowest BCUT2D eigenvalue weighted by Gasteiger charge is -2.21. The fourth-order valence-corrected chi connectivity index (χ4v) is 3.01. The lowest BCUT2D eigenvalue weighted by molar-refractivity contribution is 0.0688. The molecule has 3 heterocycles. The zero-order chi connectivity index (χ0) is 16.9. The van der Waals surface area contributed by atoms with Crippen LogP contribution in [0, 0.1) is 0 Å². The molecule has 1 saturated heterocycles. The summed E-state index contributed by atoms with van der Waals surface area (Å²) < 4.78 is 0. The van der Waals surface area contributed by atoms with Crippen LogP contribution in [0.15, 0.2) is 29.2 Å². The molecule has 2 aromatic rings. The molecule has 24 heavy (non-hydrogen) atoms. The summed E-state index contributed by atoms with van der Waals surface area (Å²) in [6.45, 7) is 4.79. The number of carboxylic acid groups (broad SMARTS) is 1. The molecule has 8 heteroatoms. The van der Waals surface area contributed by atoms with E-state index >= 15 is 0 Å². The van der Waals surface area contributed by atoms with E-state index in [0.717, 1.165) is 44.8 Å². The Morgan fingerprint density at radius 3 is 2.54 bits per heavy atom. The lowest BCUT2D eigenvalue weighted by atomic mass is 10.3. The second-order valence-electron chi connectivity index (χ2n) is 5.96. The monoisotopic (exact) mass is 331 g/mol. The van der Waals surface area contributed by atoms with Crippen LogP contribution >= 0.6 is 0 Å². The van der Waals surface area contributed by atoms with Crippen molar-refractivity contribution in [3.63, 3.8) is 0 Å². The molecule has 0 unspecified atom stereocenters. The Hall–Kier alpha value is -2.45. The number of nitrogens with zero attached hydrogens (tertiary/aromatic N) is 3. The molecule has 2 aromatic heterocycles. The average Bonchev–Trinajstić information content (AvgIpc) is 2.79. The first-order valence-electron chi connectivity index (χ1n) is 8.01. The van der Waals surface area contributed by atoms with Gasteiger partial charge in [0.1, 0.15) is 5.69 Å². The molecular formula is C16H21N5O3. The molecule has 8 nitrogen and oxygen atoms in total. The summed E-state index contributed by atoms with van der Waals surface area (Å²) in [5.74, 6) is -1.12. The summed E-state index contributed by atoms with van der Waals surface area (Å²) in [6, 6.07) is 5.92. The standard InChI is InChI=1S/C16H21N5O3/c22-15(23)14-13(18-16(24)19-14)11-21-7-3-6-20(8-9-21)10-12-4-1-2-5-17-12/h1-2,4-5H,3,6-11H2,(H,22,23)(H2,18,19,24). The van der Waals surface area contributed by atoms with Crippen LogP contribution in [0.5, 0.6) is 0 Å². The third-order valence-electron chi connectivity index (χ3n) is 4.19. The molecule has 128 valence electrons. The molecule has 0 saturated carbocycles. The summed E-state index contributed by atoms with van der Waals surface area (Å²) >= 11 is 0. The Kier molecular flexibility index (Phi) is 5.07. The van der Waals surface area contributed by atoms with Crippen molar-refractivity contribution in [3.05, 3.63) is 52.0 Å². The van der Waals surface area contributed by atoms with Gasteiger partial charge in [-0.25, -0.2) is 9.59 Å². The topological polar surface area (TPSA) is 105 Å². The molecule has 3 rings (SSSR count). The number of pyridine rings is 1. The van der Waals surface area contributed by atoms with Crippen molar-refractivity contribution in [1.29, 1.82) is 0 Å². The minimum atomic E-state index is -1.12. The summed E-state index contributed by atoms with van der Waals surface area (Å²) in [6.07, 6.45) is 2.79. The number of hydrogen-bond acceptors (Lipinski definition) is 5. The molecule has 0 bridgehead atoms. The predicted octanol–water partition coefficient (Wildman–Crippen LogP) is 0.504. The van der Waals surface area contributed by atoms with Crippen LogP contribution in [0.2, 0.25) is 0 Å². The fraction of sp³-hybridized carbons (Fsp3) is 0.438. The maximum atomic E-state index is 11.4. The van der Waals surface area contributed by atoms with Gasteiger partial charge >= 0.3 is 11.7 Å². The van der Waals surface area contributed by atoms with Gasteiger partial charge < -0.3 is 10.1 Å². The Bertz CT molecular complexity index is 740. The SMILES string of the molecule is O=C(O)c1[nH]c(=O)[nH]c1CN1CCCN(Cc2ccccn2)CC1. The van der Waals surface area contributed by atoms with Gasteiger partial charge in [0, 0.05) is 32.4 Å². The number of carboxylic acids is 1. The number of hydrogen-bond donors (Lipinski definition) is 3. The molecule has 1 fully saturated rings. The van der Waals surface area contributed by atoms with Crippen LogP contribution in [0.1, 0.15) is 28.3 Å². The molecule has 1 aliphatic rings. The van der Waals surface area contributed by atoms with E-state index in [0.29, 0.717) is 12.2 Å². The molecule has 0 radical (unpaired) electrons. The van der Waals surface area contributed by atoms with E-state index in [2.05, 4.69) is 24.8 Å². The third-order valence-corrected chi connectivity index (χ3v) is 4.19. The number of aromatic carboxylic acids is 1. The quantitative estimate of drug-likeness (QED) is 0.737. The maximum absolute atomic E-state index is 11.4. The van der Waals surface area contributed by atoms with Crippen LogP contribution in [0.4, 0.5) is 0 Å². The second kappa shape index (κ2) is 7.41. The zero-order valence-corrected chi connectivity index (χ0v) is 13.4. The summed E-state index contributed by atoms with van der Waals surface area (Å²) in [7, 11) is 0. The average molecular weight is 331 g/mol. The maximum Gasteiger partial charge on any atom is 0.354 e. The second-order valence-corrected chi connectivity index (χ2v) is 5.96. The number of imidazole rings is 1. The minimum Gasteiger partial charge on any atom is -0.477 e. The van der Waals surface area contributed by atoms with Gasteiger partial charge in [-0.3, -0.25) is 19.8 Å². The Morgan fingerprint density at radius 1 is 1.12 bits per heavy atom. The zero-order valence-electron chi connectivity index (χ0n) is 13.4. The van der Waals surface area contributed by atoms with Gasteiger partial charge in [0.2, 0.25) is 0 Å². The number of H-pyrrole nitrogens is 2. The largest absolute Gasteiger partial charge is 0.477 e. The molecule has 0 amide bonds. The molecule has 3 N–H and O–H groups in total. The van der Waals surface area contributed by atoms with Crippen molar-refractivity contribution in [2.24, 2.45) is 0 Å². The molecule has 0 spiro atoms. The fourth-order valence-electron chi connectivity index (χ4n) is 3.01. The Morgan fingerprint density at radius 2 is 1.88 bits per heavy atom. The number of aromatic amines is 2. The van der Waals surface area contributed by atoms with E-state index in [1.54, 1.807) is 6.20 Å². The van der Waals surface area contributed by atoms with Gasteiger partial charge in [-0.05, 0) is 31.6 Å². The highest BCUT2D eigenvalue weighted by atomic mass is 16.4. The van der Waals surface area contributed by atoms with Crippen molar-refractivity contribution >= 4 is 5.97 Å². The Labute approximate surface area is 139 Å². The number of aromatic nitrogens is 3. The van der Waals surface area contributed by atoms with E-state index in [9.17, 15) is 9.59 Å². The van der Waals surface area contributed by atoms with Crippen molar-refractivity contribution < 1.29 is 9.90 Å². The van der Waals surface area contributed by atoms with Crippen molar-refractivity contribution in [3.8, 4) is 0 Å².